The molecule has 0 radical (unpaired) electrons. The lowest BCUT2D eigenvalue weighted by molar-refractivity contribution is 0.408. The molecule has 5 aliphatic rings. The van der Waals surface area contributed by atoms with Crippen LogP contribution in [0, 0.1) is 11.8 Å². The van der Waals surface area contributed by atoms with E-state index in [2.05, 4.69) is 200 Å². The van der Waals surface area contributed by atoms with Gasteiger partial charge >= 0.3 is 0 Å². The number of amidine groups is 1. The van der Waals surface area contributed by atoms with E-state index in [4.69, 9.17) is 4.99 Å². The smallest absolute Gasteiger partial charge is 0.131 e. The van der Waals surface area contributed by atoms with Crippen LogP contribution < -0.4 is 10.6 Å². The summed E-state index contributed by atoms with van der Waals surface area (Å²) in [4.78, 5) is 5.27. The van der Waals surface area contributed by atoms with Crippen molar-refractivity contribution in [3.8, 4) is 11.1 Å². The van der Waals surface area contributed by atoms with E-state index in [1.165, 1.54) is 61.2 Å². The van der Waals surface area contributed by atoms with E-state index in [1.54, 1.807) is 0 Å². The Morgan fingerprint density at radius 3 is 2.04 bits per heavy atom. The normalized spacial score (nSPS) is 23.4. The van der Waals surface area contributed by atoms with Crippen molar-refractivity contribution >= 4 is 17.0 Å². The summed E-state index contributed by atoms with van der Waals surface area (Å²) >= 11 is 0. The van der Waals surface area contributed by atoms with Crippen LogP contribution in [0.2, 0.25) is 0 Å². The van der Waals surface area contributed by atoms with Gasteiger partial charge in [0, 0.05) is 22.8 Å². The summed E-state index contributed by atoms with van der Waals surface area (Å²) in [5.74, 6) is 1.59. The van der Waals surface area contributed by atoms with Gasteiger partial charge in [0.1, 0.15) is 18.2 Å². The van der Waals surface area contributed by atoms with E-state index < -0.39 is 0 Å². The van der Waals surface area contributed by atoms with Crippen molar-refractivity contribution in [2.45, 2.75) is 44.4 Å². The second-order valence-electron chi connectivity index (χ2n) is 15.9. The van der Waals surface area contributed by atoms with Crippen LogP contribution in [0.1, 0.15) is 72.4 Å². The zero-order valence-corrected chi connectivity index (χ0v) is 31.4. The van der Waals surface area contributed by atoms with E-state index in [0.717, 1.165) is 29.8 Å². The van der Waals surface area contributed by atoms with E-state index in [1.807, 2.05) is 0 Å². The molecule has 1 aliphatic heterocycles. The Morgan fingerprint density at radius 2 is 1.29 bits per heavy atom. The fourth-order valence-electron chi connectivity index (χ4n) is 9.38. The first kappa shape index (κ1) is 33.5. The number of hydrogen-bond donors (Lipinski definition) is 2. The fraction of sp³-hybridized carbons (Fsp3) is 0.173. The summed E-state index contributed by atoms with van der Waals surface area (Å²) in [6, 6.07) is 48.0. The molecular formula is C52H45N3. The third kappa shape index (κ3) is 6.00. The first-order valence-electron chi connectivity index (χ1n) is 19.7. The maximum atomic E-state index is 5.27. The molecule has 0 amide bonds. The maximum Gasteiger partial charge on any atom is 0.131 e. The Bertz CT molecular complexity index is 2510. The molecule has 55 heavy (non-hydrogen) atoms. The monoisotopic (exact) mass is 711 g/mol. The summed E-state index contributed by atoms with van der Waals surface area (Å²) in [6.45, 7) is 4.85. The summed E-state index contributed by atoms with van der Waals surface area (Å²) in [6.07, 6.45) is 18.4. The average Bonchev–Trinajstić information content (AvgIpc) is 3.48. The molecule has 4 unspecified atom stereocenters. The predicted molar refractivity (Wildman–Crippen MR) is 228 cm³/mol. The lowest BCUT2D eigenvalue weighted by atomic mass is 9.68. The van der Waals surface area contributed by atoms with Gasteiger partial charge in [-0.2, -0.15) is 0 Å². The van der Waals surface area contributed by atoms with Crippen LogP contribution in [0.25, 0.3) is 22.3 Å². The van der Waals surface area contributed by atoms with E-state index >= 15 is 0 Å². The topological polar surface area (TPSA) is 36.4 Å². The lowest BCUT2D eigenvalue weighted by Gasteiger charge is -2.36. The van der Waals surface area contributed by atoms with Crippen molar-refractivity contribution in [1.82, 2.24) is 10.6 Å². The van der Waals surface area contributed by atoms with Gasteiger partial charge in [0.2, 0.25) is 0 Å². The fourth-order valence-corrected chi connectivity index (χ4v) is 9.38. The molecule has 10 rings (SSSR count). The van der Waals surface area contributed by atoms with Gasteiger partial charge in [-0.25, -0.2) is 4.99 Å². The van der Waals surface area contributed by atoms with Crippen molar-refractivity contribution in [2.24, 2.45) is 16.8 Å². The molecule has 1 heterocycles. The average molecular weight is 712 g/mol. The molecule has 5 aromatic carbocycles. The number of hydrogen-bond acceptors (Lipinski definition) is 3. The quantitative estimate of drug-likeness (QED) is 0.184. The highest BCUT2D eigenvalue weighted by Crippen LogP contribution is 2.58. The van der Waals surface area contributed by atoms with Gasteiger partial charge in [0.25, 0.3) is 0 Å². The van der Waals surface area contributed by atoms with Crippen LogP contribution in [0.3, 0.4) is 0 Å². The standard InChI is InChI=1S/C52H45N3/c1-52(2)45-33-42(51-54-49(38-19-10-5-11-20-38)53-50(55-51)41-23-14-22-39(31-41)35-17-8-4-9-18-35)29-30-44(45)48-46(52)32-40-21-12-13-24-43(40)47(48)37-27-25-36(26-28-37)34-15-6-3-7-16-34/h3-25,27,29-33,40,43,50-51,55H,26,28H2,1-2H3,(H,53,54). The van der Waals surface area contributed by atoms with E-state index in [9.17, 15) is 0 Å². The Kier molecular flexibility index (Phi) is 8.34. The summed E-state index contributed by atoms with van der Waals surface area (Å²) in [5, 5.41) is 7.72. The molecule has 0 saturated heterocycles. The van der Waals surface area contributed by atoms with Gasteiger partial charge in [-0.3, -0.25) is 5.32 Å². The molecular weight excluding hydrogens is 667 g/mol. The molecule has 0 aromatic heterocycles. The Balaban J connectivity index is 1.06. The van der Waals surface area contributed by atoms with Gasteiger partial charge in [-0.05, 0) is 85.7 Å². The van der Waals surface area contributed by atoms with E-state index in [0.29, 0.717) is 11.8 Å². The van der Waals surface area contributed by atoms with E-state index in [-0.39, 0.29) is 17.7 Å². The molecule has 2 N–H and O–H groups in total. The van der Waals surface area contributed by atoms with Crippen LogP contribution in [0.5, 0.6) is 0 Å². The molecule has 0 fully saturated rings. The lowest BCUT2D eigenvalue weighted by Crippen LogP contribution is -2.45. The SMILES string of the molecule is CC1(C)C2=CC3C=CC=CC3C(C3=CC=C(c4ccccc4)CC3)=C2c2ccc(C3NC(c4ccccc4)=NC(c4cccc(-c5ccccc5)c4)N3)cc21. The van der Waals surface area contributed by atoms with Crippen LogP contribution in [0.4, 0.5) is 0 Å². The number of aliphatic imine (C=N–C) groups is 1. The zero-order valence-electron chi connectivity index (χ0n) is 31.4. The van der Waals surface area contributed by atoms with Crippen LogP contribution >= 0.6 is 0 Å². The van der Waals surface area contributed by atoms with Gasteiger partial charge in [0.15, 0.2) is 0 Å². The van der Waals surface area contributed by atoms with Gasteiger partial charge in [-0.1, -0.05) is 184 Å². The Hall–Kier alpha value is -6.03. The predicted octanol–water partition coefficient (Wildman–Crippen LogP) is 11.8. The number of rotatable bonds is 6. The van der Waals surface area contributed by atoms with Gasteiger partial charge in [-0.15, -0.1) is 0 Å². The number of allylic oxidation sites excluding steroid dienone is 12. The third-order valence-electron chi connectivity index (χ3n) is 12.3. The minimum atomic E-state index is -0.222. The van der Waals surface area contributed by atoms with Crippen molar-refractivity contribution in [1.29, 1.82) is 0 Å². The minimum absolute atomic E-state index is 0.139. The number of benzene rings is 5. The van der Waals surface area contributed by atoms with Gasteiger partial charge in [0.05, 0.1) is 0 Å². The summed E-state index contributed by atoms with van der Waals surface area (Å²) in [7, 11) is 0. The molecule has 0 spiro atoms. The first-order valence-corrected chi connectivity index (χ1v) is 19.7. The van der Waals surface area contributed by atoms with Crippen LogP contribution in [-0.2, 0) is 5.41 Å². The van der Waals surface area contributed by atoms with Crippen molar-refractivity contribution in [2.75, 3.05) is 0 Å². The molecule has 4 aliphatic carbocycles. The second kappa shape index (κ2) is 13.7. The largest absolute Gasteiger partial charge is 0.350 e. The van der Waals surface area contributed by atoms with Crippen LogP contribution in [0.15, 0.2) is 198 Å². The van der Waals surface area contributed by atoms with Gasteiger partial charge < -0.3 is 5.32 Å². The maximum absolute atomic E-state index is 5.27. The summed E-state index contributed by atoms with van der Waals surface area (Å²) in [5.41, 5.74) is 17.1. The Labute approximate surface area is 325 Å². The highest BCUT2D eigenvalue weighted by atomic mass is 15.3. The number of fused-ring (bicyclic) bond motifs is 4. The van der Waals surface area contributed by atoms with Crippen molar-refractivity contribution in [3.05, 3.63) is 226 Å². The van der Waals surface area contributed by atoms with Crippen molar-refractivity contribution < 1.29 is 0 Å². The molecule has 0 bridgehead atoms. The third-order valence-corrected chi connectivity index (χ3v) is 12.3. The minimum Gasteiger partial charge on any atom is -0.350 e. The first-order chi connectivity index (χ1) is 27.0. The molecule has 5 aromatic rings. The molecule has 3 heteroatoms. The number of nitrogens with zero attached hydrogens (tertiary/aromatic N) is 1. The van der Waals surface area contributed by atoms with Crippen molar-refractivity contribution in [3.63, 3.8) is 0 Å². The Morgan fingerprint density at radius 1 is 0.618 bits per heavy atom. The number of nitrogens with one attached hydrogen (secondary N) is 2. The van der Waals surface area contributed by atoms with Crippen LogP contribution in [-0.4, -0.2) is 5.84 Å². The summed E-state index contributed by atoms with van der Waals surface area (Å²) < 4.78 is 0. The highest BCUT2D eigenvalue weighted by Gasteiger charge is 2.45. The highest BCUT2D eigenvalue weighted by molar-refractivity contribution is 6.00. The molecule has 3 nitrogen and oxygen atoms in total. The molecule has 0 saturated carbocycles. The molecule has 268 valence electrons. The zero-order chi connectivity index (χ0) is 36.9. The second-order valence-corrected chi connectivity index (χ2v) is 15.9. The molecule has 4 atom stereocenters.